The van der Waals surface area contributed by atoms with Crippen molar-refractivity contribution in [1.82, 2.24) is 19.6 Å². The second-order valence-corrected chi connectivity index (χ2v) is 6.00. The molecule has 0 aromatic carbocycles. The van der Waals surface area contributed by atoms with Gasteiger partial charge in [0, 0.05) is 6.07 Å². The van der Waals surface area contributed by atoms with Gasteiger partial charge in [-0.05, 0) is 26.0 Å². The first kappa shape index (κ1) is 21.3. The third kappa shape index (κ3) is 4.93. The number of aromatic nitrogens is 4. The third-order valence-corrected chi connectivity index (χ3v) is 3.80. The van der Waals surface area contributed by atoms with Crippen LogP contribution in [-0.2, 0) is 11.3 Å². The van der Waals surface area contributed by atoms with Crippen LogP contribution in [-0.4, -0.2) is 44.9 Å². The topological polar surface area (TPSA) is 87.8 Å². The van der Waals surface area contributed by atoms with E-state index in [2.05, 4.69) is 19.8 Å². The molecule has 0 radical (unpaired) electrons. The van der Waals surface area contributed by atoms with Gasteiger partial charge in [-0.2, -0.15) is 13.2 Å². The molecule has 0 N–H and O–H groups in total. The van der Waals surface area contributed by atoms with E-state index in [1.165, 1.54) is 10.6 Å². The van der Waals surface area contributed by atoms with Crippen molar-refractivity contribution >= 4 is 11.6 Å². The first-order chi connectivity index (χ1) is 14.2. The number of hydrogen-bond donors (Lipinski definition) is 0. The molecular formula is C18H16F4N4O4. The van der Waals surface area contributed by atoms with Crippen LogP contribution in [0.2, 0.25) is 0 Å². The minimum absolute atomic E-state index is 0.0223. The van der Waals surface area contributed by atoms with E-state index in [1.807, 2.05) is 0 Å². The molecule has 0 amide bonds. The van der Waals surface area contributed by atoms with Gasteiger partial charge >= 0.3 is 12.1 Å². The molecule has 8 nitrogen and oxygen atoms in total. The molecule has 3 rings (SSSR count). The number of esters is 1. The minimum Gasteiger partial charge on any atom is -0.485 e. The van der Waals surface area contributed by atoms with Crippen molar-refractivity contribution in [3.05, 3.63) is 47.4 Å². The lowest BCUT2D eigenvalue weighted by Crippen LogP contribution is -2.20. The van der Waals surface area contributed by atoms with Gasteiger partial charge in [0.2, 0.25) is 0 Å². The highest BCUT2D eigenvalue weighted by Crippen LogP contribution is 2.25. The van der Waals surface area contributed by atoms with E-state index in [0.717, 1.165) is 12.3 Å². The molecule has 0 unspecified atom stereocenters. The summed E-state index contributed by atoms with van der Waals surface area (Å²) in [6.45, 7) is 1.59. The Kier molecular flexibility index (Phi) is 6.04. The standard InChI is InChI=1S/C18H16F4N4O4/c1-3-28-17(27)16-24-15-5-4-13(10(2)26(15)25-16)29-8-12-14(6-11(19)7-23-12)30-9-18(20,21)22/h4-7H,3,8-9H2,1-2H3. The van der Waals surface area contributed by atoms with Crippen LogP contribution >= 0.6 is 0 Å². The first-order valence-electron chi connectivity index (χ1n) is 8.68. The Morgan fingerprint density at radius 2 is 1.97 bits per heavy atom. The molecule has 3 heterocycles. The van der Waals surface area contributed by atoms with Gasteiger partial charge in [0.1, 0.15) is 29.6 Å². The number of rotatable bonds is 7. The zero-order valence-corrected chi connectivity index (χ0v) is 15.9. The van der Waals surface area contributed by atoms with Crippen molar-refractivity contribution in [1.29, 1.82) is 0 Å². The number of carbonyl (C=O) groups is 1. The summed E-state index contributed by atoms with van der Waals surface area (Å²) in [7, 11) is 0. The Balaban J connectivity index is 1.80. The molecule has 3 aromatic rings. The normalized spacial score (nSPS) is 11.5. The van der Waals surface area contributed by atoms with Gasteiger partial charge in [-0.15, -0.1) is 5.10 Å². The van der Waals surface area contributed by atoms with E-state index >= 15 is 0 Å². The molecule has 160 valence electrons. The van der Waals surface area contributed by atoms with Crippen LogP contribution in [0, 0.1) is 12.7 Å². The predicted octanol–water partition coefficient (Wildman–Crippen LogP) is 3.27. The average molecular weight is 428 g/mol. The monoisotopic (exact) mass is 428 g/mol. The summed E-state index contributed by atoms with van der Waals surface area (Å²) in [6.07, 6.45) is -3.74. The molecule has 3 aromatic heterocycles. The van der Waals surface area contributed by atoms with Crippen molar-refractivity contribution in [3.8, 4) is 11.5 Å². The number of alkyl halides is 3. The lowest BCUT2D eigenvalue weighted by Gasteiger charge is -2.14. The van der Waals surface area contributed by atoms with E-state index in [0.29, 0.717) is 17.1 Å². The number of halogens is 4. The summed E-state index contributed by atoms with van der Waals surface area (Å²) in [5, 5.41) is 4.07. The van der Waals surface area contributed by atoms with E-state index in [-0.39, 0.29) is 30.5 Å². The van der Waals surface area contributed by atoms with Crippen LogP contribution in [0.4, 0.5) is 17.6 Å². The molecule has 0 atom stereocenters. The summed E-state index contributed by atoms with van der Waals surface area (Å²) >= 11 is 0. The zero-order valence-electron chi connectivity index (χ0n) is 15.9. The van der Waals surface area contributed by atoms with Crippen LogP contribution in [0.15, 0.2) is 24.4 Å². The zero-order chi connectivity index (χ0) is 21.9. The number of pyridine rings is 2. The maximum atomic E-state index is 13.4. The Hall–Kier alpha value is -3.44. The fourth-order valence-electron chi connectivity index (χ4n) is 2.48. The highest BCUT2D eigenvalue weighted by Gasteiger charge is 2.29. The van der Waals surface area contributed by atoms with Gasteiger partial charge in [0.15, 0.2) is 12.3 Å². The van der Waals surface area contributed by atoms with E-state index in [1.54, 1.807) is 19.9 Å². The van der Waals surface area contributed by atoms with Crippen molar-refractivity contribution in [3.63, 3.8) is 0 Å². The predicted molar refractivity (Wildman–Crippen MR) is 93.8 cm³/mol. The molecule has 0 bridgehead atoms. The number of nitrogens with zero attached hydrogens (tertiary/aromatic N) is 4. The molecular weight excluding hydrogens is 412 g/mol. The van der Waals surface area contributed by atoms with Gasteiger partial charge in [-0.3, -0.25) is 4.98 Å². The molecule has 12 heteroatoms. The van der Waals surface area contributed by atoms with Crippen molar-refractivity contribution in [2.75, 3.05) is 13.2 Å². The first-order valence-corrected chi connectivity index (χ1v) is 8.68. The molecule has 0 fully saturated rings. The maximum absolute atomic E-state index is 13.4. The second kappa shape index (κ2) is 8.51. The molecule has 0 aliphatic heterocycles. The molecule has 0 saturated carbocycles. The lowest BCUT2D eigenvalue weighted by atomic mass is 10.3. The van der Waals surface area contributed by atoms with Crippen molar-refractivity contribution in [2.45, 2.75) is 26.6 Å². The number of fused-ring (bicyclic) bond motifs is 1. The van der Waals surface area contributed by atoms with Gasteiger partial charge in [0.25, 0.3) is 5.82 Å². The maximum Gasteiger partial charge on any atom is 0.422 e. The molecule has 30 heavy (non-hydrogen) atoms. The second-order valence-electron chi connectivity index (χ2n) is 6.00. The molecule has 0 aliphatic carbocycles. The highest BCUT2D eigenvalue weighted by atomic mass is 19.4. The fraction of sp³-hybridized carbons (Fsp3) is 0.333. The molecule has 0 aliphatic rings. The lowest BCUT2D eigenvalue weighted by molar-refractivity contribution is -0.153. The molecule has 0 saturated heterocycles. The van der Waals surface area contributed by atoms with Crippen molar-refractivity contribution in [2.24, 2.45) is 0 Å². The van der Waals surface area contributed by atoms with E-state index in [9.17, 15) is 22.4 Å². The Morgan fingerprint density at radius 1 is 1.20 bits per heavy atom. The van der Waals surface area contributed by atoms with Gasteiger partial charge in [0.05, 0.1) is 18.5 Å². The Labute approximate surface area is 167 Å². The summed E-state index contributed by atoms with van der Waals surface area (Å²) in [5.74, 6) is -1.72. The van der Waals surface area contributed by atoms with E-state index in [4.69, 9.17) is 9.47 Å². The Morgan fingerprint density at radius 3 is 2.67 bits per heavy atom. The minimum atomic E-state index is -4.59. The van der Waals surface area contributed by atoms with Gasteiger partial charge in [-0.25, -0.2) is 18.7 Å². The summed E-state index contributed by atoms with van der Waals surface area (Å²) in [4.78, 5) is 19.6. The largest absolute Gasteiger partial charge is 0.485 e. The number of aryl methyl sites for hydroxylation is 1. The summed E-state index contributed by atoms with van der Waals surface area (Å²) in [6, 6.07) is 3.89. The van der Waals surface area contributed by atoms with Gasteiger partial charge in [-0.1, -0.05) is 0 Å². The highest BCUT2D eigenvalue weighted by molar-refractivity contribution is 5.85. The number of hydrogen-bond acceptors (Lipinski definition) is 7. The van der Waals surface area contributed by atoms with Crippen LogP contribution in [0.25, 0.3) is 5.65 Å². The van der Waals surface area contributed by atoms with E-state index < -0.39 is 24.6 Å². The average Bonchev–Trinajstić information content (AvgIpc) is 3.12. The third-order valence-electron chi connectivity index (χ3n) is 3.80. The SMILES string of the molecule is CCOC(=O)c1nc2ccc(OCc3ncc(F)cc3OCC(F)(F)F)c(C)n2n1. The van der Waals surface area contributed by atoms with Gasteiger partial charge < -0.3 is 14.2 Å². The Bertz CT molecular complexity index is 1070. The summed E-state index contributed by atoms with van der Waals surface area (Å²) < 4.78 is 67.1. The van der Waals surface area contributed by atoms with Crippen LogP contribution in [0.3, 0.4) is 0 Å². The number of ether oxygens (including phenoxy) is 3. The van der Waals surface area contributed by atoms with Crippen LogP contribution in [0.1, 0.15) is 28.9 Å². The number of carbonyl (C=O) groups excluding carboxylic acids is 1. The smallest absolute Gasteiger partial charge is 0.422 e. The van der Waals surface area contributed by atoms with Crippen molar-refractivity contribution < 1.29 is 36.6 Å². The van der Waals surface area contributed by atoms with Crippen LogP contribution in [0.5, 0.6) is 11.5 Å². The summed E-state index contributed by atoms with van der Waals surface area (Å²) in [5.41, 5.74) is 0.818. The molecule has 0 spiro atoms. The quantitative estimate of drug-likeness (QED) is 0.422. The fourth-order valence-corrected chi connectivity index (χ4v) is 2.48. The van der Waals surface area contributed by atoms with Crippen LogP contribution < -0.4 is 9.47 Å².